The van der Waals surface area contributed by atoms with Crippen molar-refractivity contribution in [3.05, 3.63) is 68.8 Å². The fourth-order valence-corrected chi connectivity index (χ4v) is 9.14. The largest absolute Gasteiger partial charge is 0.446 e. The first-order chi connectivity index (χ1) is 21.7. The standard InChI is InChI=1S/C39H58N2O4/c1-7-25-21-27(9-3)35(28(10-4)22-25)39(31-13-17-33(18-14-31)44-37(40)42,32-15-19-34(20-16-32)45-38(41)43)36-29(11-5)23-26(8-2)24-30(36)12-6/h21-24,31-34H,7-20H2,1-6H3,(H2,40,42)(H2,41,43). The summed E-state index contributed by atoms with van der Waals surface area (Å²) in [7, 11) is 0. The van der Waals surface area contributed by atoms with Gasteiger partial charge >= 0.3 is 12.2 Å². The lowest BCUT2D eigenvalue weighted by molar-refractivity contribution is 0.0271. The molecule has 2 fully saturated rings. The Hall–Kier alpha value is -3.02. The summed E-state index contributed by atoms with van der Waals surface area (Å²) >= 11 is 0. The van der Waals surface area contributed by atoms with E-state index in [1.54, 1.807) is 11.1 Å². The number of ether oxygens (including phenoxy) is 2. The number of carbonyl (C=O) groups is 2. The van der Waals surface area contributed by atoms with Crippen molar-refractivity contribution in [2.75, 3.05) is 0 Å². The van der Waals surface area contributed by atoms with E-state index in [2.05, 4.69) is 65.8 Å². The Labute approximate surface area is 272 Å². The van der Waals surface area contributed by atoms with E-state index in [9.17, 15) is 9.59 Å². The molecule has 2 aromatic carbocycles. The van der Waals surface area contributed by atoms with Crippen molar-refractivity contribution < 1.29 is 19.1 Å². The summed E-state index contributed by atoms with van der Waals surface area (Å²) in [5.74, 6) is 0.741. The van der Waals surface area contributed by atoms with Gasteiger partial charge in [0.15, 0.2) is 0 Å². The first kappa shape index (κ1) is 34.8. The lowest BCUT2D eigenvalue weighted by atomic mass is 9.50. The van der Waals surface area contributed by atoms with Crippen LogP contribution in [-0.4, -0.2) is 24.4 Å². The summed E-state index contributed by atoms with van der Waals surface area (Å²) in [6.07, 6.45) is 11.5. The van der Waals surface area contributed by atoms with E-state index in [-0.39, 0.29) is 17.6 Å². The molecule has 0 aromatic heterocycles. The zero-order chi connectivity index (χ0) is 32.7. The predicted octanol–water partition coefficient (Wildman–Crippen LogP) is 8.66. The zero-order valence-corrected chi connectivity index (χ0v) is 28.8. The smallest absolute Gasteiger partial charge is 0.404 e. The second-order valence-electron chi connectivity index (χ2n) is 13.4. The van der Waals surface area contributed by atoms with Crippen LogP contribution < -0.4 is 11.5 Å². The van der Waals surface area contributed by atoms with Gasteiger partial charge < -0.3 is 20.9 Å². The van der Waals surface area contributed by atoms with E-state index >= 15 is 0 Å². The zero-order valence-electron chi connectivity index (χ0n) is 28.8. The minimum Gasteiger partial charge on any atom is -0.446 e. The number of rotatable bonds is 12. The molecule has 45 heavy (non-hydrogen) atoms. The Balaban J connectivity index is 2.08. The normalized spacial score (nSPS) is 22.2. The molecule has 2 aromatic rings. The van der Waals surface area contributed by atoms with Crippen molar-refractivity contribution in [2.45, 2.75) is 149 Å². The van der Waals surface area contributed by atoms with Gasteiger partial charge in [-0.2, -0.15) is 0 Å². The van der Waals surface area contributed by atoms with Gasteiger partial charge in [-0.15, -0.1) is 0 Å². The number of aryl methyl sites for hydroxylation is 6. The third kappa shape index (κ3) is 7.20. The number of hydrogen-bond donors (Lipinski definition) is 2. The molecule has 2 aliphatic carbocycles. The molecule has 248 valence electrons. The van der Waals surface area contributed by atoms with Crippen molar-refractivity contribution in [1.29, 1.82) is 0 Å². The third-order valence-electron chi connectivity index (χ3n) is 11.1. The molecule has 0 unspecified atom stereocenters. The summed E-state index contributed by atoms with van der Waals surface area (Å²) < 4.78 is 11.2. The van der Waals surface area contributed by atoms with Gasteiger partial charge in [0.25, 0.3) is 0 Å². The molecule has 2 saturated carbocycles. The highest BCUT2D eigenvalue weighted by Gasteiger charge is 2.53. The molecule has 2 aliphatic rings. The average molecular weight is 619 g/mol. The van der Waals surface area contributed by atoms with Crippen LogP contribution in [0.1, 0.15) is 137 Å². The van der Waals surface area contributed by atoms with Crippen LogP contribution in [0.3, 0.4) is 0 Å². The van der Waals surface area contributed by atoms with E-state index in [1.807, 2.05) is 0 Å². The van der Waals surface area contributed by atoms with E-state index in [0.717, 1.165) is 89.9 Å². The third-order valence-corrected chi connectivity index (χ3v) is 11.1. The van der Waals surface area contributed by atoms with Gasteiger partial charge in [-0.1, -0.05) is 65.8 Å². The molecule has 2 amide bonds. The maximum Gasteiger partial charge on any atom is 0.404 e. The molecule has 0 atom stereocenters. The summed E-state index contributed by atoms with van der Waals surface area (Å²) in [6, 6.07) is 9.96. The molecule has 4 rings (SSSR count). The van der Waals surface area contributed by atoms with Crippen LogP contribution in [-0.2, 0) is 53.4 Å². The lowest BCUT2D eigenvalue weighted by Gasteiger charge is -2.54. The second kappa shape index (κ2) is 15.5. The van der Waals surface area contributed by atoms with Crippen molar-refractivity contribution >= 4 is 12.2 Å². The SMILES string of the molecule is CCc1cc(CC)c(C(c2c(CC)cc(CC)cc2CC)(C2CCC(OC(N)=O)CC2)C2CCC(OC(N)=O)CC2)c(CC)c1. The second-order valence-corrected chi connectivity index (χ2v) is 13.4. The molecule has 0 heterocycles. The van der Waals surface area contributed by atoms with Crippen molar-refractivity contribution in [2.24, 2.45) is 23.3 Å². The number of carbonyl (C=O) groups excluding carboxylic acids is 2. The molecule has 0 bridgehead atoms. The molecular formula is C39H58N2O4. The minimum absolute atomic E-state index is 0.131. The highest BCUT2D eigenvalue weighted by molar-refractivity contribution is 5.65. The summed E-state index contributed by atoms with van der Waals surface area (Å²) in [4.78, 5) is 23.5. The van der Waals surface area contributed by atoms with Gasteiger partial charge in [0.05, 0.1) is 0 Å². The number of benzene rings is 2. The minimum atomic E-state index is -0.675. The van der Waals surface area contributed by atoms with E-state index in [4.69, 9.17) is 20.9 Å². The Bertz CT molecular complexity index is 1170. The lowest BCUT2D eigenvalue weighted by Crippen LogP contribution is -2.50. The Morgan fingerprint density at radius 1 is 0.556 bits per heavy atom. The number of hydrogen-bond acceptors (Lipinski definition) is 4. The molecule has 6 nitrogen and oxygen atoms in total. The number of primary amides is 2. The highest BCUT2D eigenvalue weighted by atomic mass is 16.6. The molecule has 6 heteroatoms. The summed E-state index contributed by atoms with van der Waals surface area (Å²) in [5, 5.41) is 0. The molecule has 0 radical (unpaired) electrons. The van der Waals surface area contributed by atoms with Gasteiger partial charge in [-0.3, -0.25) is 0 Å². The topological polar surface area (TPSA) is 105 Å². The van der Waals surface area contributed by atoms with Crippen LogP contribution in [0.15, 0.2) is 24.3 Å². The van der Waals surface area contributed by atoms with E-state index < -0.39 is 12.2 Å². The van der Waals surface area contributed by atoms with E-state index in [1.165, 1.54) is 33.4 Å². The molecule has 4 N–H and O–H groups in total. The highest BCUT2D eigenvalue weighted by Crippen LogP contribution is 2.58. The van der Waals surface area contributed by atoms with Gasteiger partial charge in [0.1, 0.15) is 12.2 Å². The van der Waals surface area contributed by atoms with Crippen LogP contribution in [0.25, 0.3) is 0 Å². The first-order valence-corrected chi connectivity index (χ1v) is 17.9. The van der Waals surface area contributed by atoms with Crippen molar-refractivity contribution in [3.8, 4) is 0 Å². The van der Waals surface area contributed by atoms with Gasteiger partial charge in [-0.05, 0) is 146 Å². The first-order valence-electron chi connectivity index (χ1n) is 17.9. The molecule has 0 saturated heterocycles. The van der Waals surface area contributed by atoms with Crippen LogP contribution in [0.2, 0.25) is 0 Å². The Morgan fingerprint density at radius 2 is 0.844 bits per heavy atom. The summed E-state index contributed by atoms with van der Waals surface area (Å²) in [6.45, 7) is 13.8. The van der Waals surface area contributed by atoms with Crippen LogP contribution in [0.4, 0.5) is 9.59 Å². The van der Waals surface area contributed by atoms with E-state index in [0.29, 0.717) is 11.8 Å². The monoisotopic (exact) mass is 618 g/mol. The Morgan fingerprint density at radius 3 is 1.07 bits per heavy atom. The van der Waals surface area contributed by atoms with Gasteiger partial charge in [0, 0.05) is 5.41 Å². The molecule has 0 spiro atoms. The fourth-order valence-electron chi connectivity index (χ4n) is 9.14. The molecule has 0 aliphatic heterocycles. The van der Waals surface area contributed by atoms with Gasteiger partial charge in [-0.25, -0.2) is 9.59 Å². The van der Waals surface area contributed by atoms with Crippen LogP contribution >= 0.6 is 0 Å². The maximum atomic E-state index is 11.8. The number of amides is 2. The van der Waals surface area contributed by atoms with Crippen LogP contribution in [0, 0.1) is 11.8 Å². The number of nitrogens with two attached hydrogens (primary N) is 2. The Kier molecular flexibility index (Phi) is 12.0. The van der Waals surface area contributed by atoms with Crippen LogP contribution in [0.5, 0.6) is 0 Å². The molecular weight excluding hydrogens is 560 g/mol. The quantitative estimate of drug-likeness (QED) is 0.248. The predicted molar refractivity (Wildman–Crippen MR) is 183 cm³/mol. The fraction of sp³-hybridized carbons (Fsp3) is 0.641. The van der Waals surface area contributed by atoms with Crippen molar-refractivity contribution in [3.63, 3.8) is 0 Å². The van der Waals surface area contributed by atoms with Gasteiger partial charge in [0.2, 0.25) is 0 Å². The maximum absolute atomic E-state index is 11.8. The summed E-state index contributed by atoms with van der Waals surface area (Å²) in [5.41, 5.74) is 22.6. The van der Waals surface area contributed by atoms with Crippen molar-refractivity contribution in [1.82, 2.24) is 0 Å². The average Bonchev–Trinajstić information content (AvgIpc) is 3.05.